The van der Waals surface area contributed by atoms with Crippen LogP contribution in [0.1, 0.15) is 5.56 Å². The molecule has 1 aromatic heterocycles. The number of hydrogen-bond donors (Lipinski definition) is 1. The van der Waals surface area contributed by atoms with E-state index in [1.54, 1.807) is 24.5 Å². The van der Waals surface area contributed by atoms with Crippen LogP contribution in [0.2, 0.25) is 0 Å². The monoisotopic (exact) mass is 351 g/mol. The van der Waals surface area contributed by atoms with Crippen LogP contribution in [-0.4, -0.2) is 35.4 Å². The zero-order chi connectivity index (χ0) is 18.2. The summed E-state index contributed by atoms with van der Waals surface area (Å²) < 4.78 is 49.5. The molecule has 0 radical (unpaired) electrons. The summed E-state index contributed by atoms with van der Waals surface area (Å²) >= 11 is 0. The van der Waals surface area contributed by atoms with E-state index in [1.807, 2.05) is 0 Å². The number of carbonyl (C=O) groups is 1. The lowest BCUT2D eigenvalue weighted by Crippen LogP contribution is -2.40. The van der Waals surface area contributed by atoms with Gasteiger partial charge in [-0.2, -0.15) is 13.2 Å². The van der Waals surface area contributed by atoms with Crippen LogP contribution in [-0.2, 0) is 4.79 Å². The molecule has 3 rings (SSSR count). The van der Waals surface area contributed by atoms with Gasteiger partial charge in [0.05, 0.1) is 12.7 Å². The van der Waals surface area contributed by atoms with Crippen LogP contribution >= 0.6 is 0 Å². The molecule has 0 saturated carbocycles. The highest BCUT2D eigenvalue weighted by atomic mass is 19.4. The minimum atomic E-state index is -4.85. The third kappa shape index (κ3) is 3.15. The molecular weight excluding hydrogens is 339 g/mol. The number of pyridine rings is 1. The summed E-state index contributed by atoms with van der Waals surface area (Å²) in [6.07, 6.45) is -3.27. The fourth-order valence-corrected chi connectivity index (χ4v) is 2.56. The first kappa shape index (κ1) is 16.8. The molecule has 0 saturated heterocycles. The summed E-state index contributed by atoms with van der Waals surface area (Å²) in [5, 5.41) is 9.10. The molecule has 2 heterocycles. The van der Waals surface area contributed by atoms with E-state index in [9.17, 15) is 18.0 Å². The Hall–Kier alpha value is -3.03. The van der Waals surface area contributed by atoms with Crippen molar-refractivity contribution in [2.45, 2.75) is 12.3 Å². The quantitative estimate of drug-likeness (QED) is 0.916. The van der Waals surface area contributed by atoms with Crippen molar-refractivity contribution in [3.8, 4) is 22.6 Å². The van der Waals surface area contributed by atoms with E-state index in [4.69, 9.17) is 14.6 Å². The molecular formula is C17H12F3NO4. The Balaban J connectivity index is 2.17. The van der Waals surface area contributed by atoms with Crippen LogP contribution in [0.25, 0.3) is 17.2 Å². The fourth-order valence-electron chi connectivity index (χ4n) is 2.56. The summed E-state index contributed by atoms with van der Waals surface area (Å²) in [5.41, 5.74) is 0.578. The number of halogens is 3. The van der Waals surface area contributed by atoms with Crippen molar-refractivity contribution in [1.82, 2.24) is 4.98 Å². The normalized spacial score (nSPS) is 16.5. The lowest BCUT2D eigenvalue weighted by atomic mass is 9.97. The smallest absolute Gasteiger partial charge is 0.430 e. The molecule has 25 heavy (non-hydrogen) atoms. The van der Waals surface area contributed by atoms with Crippen molar-refractivity contribution in [2.75, 3.05) is 7.11 Å². The lowest BCUT2D eigenvalue weighted by molar-refractivity contribution is -0.187. The second kappa shape index (κ2) is 6.12. The maximum Gasteiger partial charge on any atom is 0.430 e. The summed E-state index contributed by atoms with van der Waals surface area (Å²) in [6, 6.07) is 6.27. The predicted octanol–water partition coefficient (Wildman–Crippen LogP) is 3.55. The van der Waals surface area contributed by atoms with Gasteiger partial charge in [0.25, 0.3) is 0 Å². The molecule has 2 aromatic rings. The average Bonchev–Trinajstić information content (AvgIpc) is 2.59. The molecule has 0 aliphatic carbocycles. The minimum absolute atomic E-state index is 0.100. The Morgan fingerprint density at radius 2 is 2.12 bits per heavy atom. The van der Waals surface area contributed by atoms with Crippen molar-refractivity contribution < 1.29 is 32.5 Å². The van der Waals surface area contributed by atoms with Gasteiger partial charge >= 0.3 is 12.1 Å². The van der Waals surface area contributed by atoms with Crippen LogP contribution in [0.3, 0.4) is 0 Å². The van der Waals surface area contributed by atoms with Gasteiger partial charge in [-0.15, -0.1) is 0 Å². The highest BCUT2D eigenvalue weighted by Crippen LogP contribution is 2.42. The topological polar surface area (TPSA) is 68.7 Å². The van der Waals surface area contributed by atoms with E-state index in [2.05, 4.69) is 4.98 Å². The highest BCUT2D eigenvalue weighted by Gasteiger charge is 2.48. The number of ether oxygens (including phenoxy) is 2. The fraction of sp³-hybridized carbons (Fsp3) is 0.176. The maximum absolute atomic E-state index is 13.1. The average molecular weight is 351 g/mol. The third-order valence-electron chi connectivity index (χ3n) is 3.69. The molecule has 0 fully saturated rings. The van der Waals surface area contributed by atoms with Crippen LogP contribution in [0.5, 0.6) is 11.5 Å². The van der Waals surface area contributed by atoms with Gasteiger partial charge in [0.15, 0.2) is 0 Å². The van der Waals surface area contributed by atoms with Crippen molar-refractivity contribution in [3.63, 3.8) is 0 Å². The Kier molecular flexibility index (Phi) is 4.12. The number of alkyl halides is 3. The van der Waals surface area contributed by atoms with Crippen LogP contribution in [0, 0.1) is 0 Å². The molecule has 5 nitrogen and oxygen atoms in total. The molecule has 0 spiro atoms. The number of methoxy groups -OCH3 is 1. The number of benzene rings is 1. The van der Waals surface area contributed by atoms with Crippen LogP contribution < -0.4 is 9.47 Å². The number of nitrogens with zero attached hydrogens (tertiary/aromatic N) is 1. The van der Waals surface area contributed by atoms with Gasteiger partial charge in [0.1, 0.15) is 11.5 Å². The molecule has 130 valence electrons. The lowest BCUT2D eigenvalue weighted by Gasteiger charge is -2.27. The molecule has 1 N–H and O–H groups in total. The largest absolute Gasteiger partial charge is 0.496 e. The van der Waals surface area contributed by atoms with Gasteiger partial charge in [-0.25, -0.2) is 4.79 Å². The second-order valence-electron chi connectivity index (χ2n) is 5.28. The Morgan fingerprint density at radius 3 is 2.68 bits per heavy atom. The molecule has 1 atom stereocenters. The summed E-state index contributed by atoms with van der Waals surface area (Å²) in [7, 11) is 1.38. The first-order valence-electron chi connectivity index (χ1n) is 7.12. The van der Waals surface area contributed by atoms with Crippen molar-refractivity contribution in [1.29, 1.82) is 0 Å². The van der Waals surface area contributed by atoms with E-state index in [0.717, 1.165) is 6.08 Å². The number of aromatic nitrogens is 1. The number of carboxylic acid groups (broad SMARTS) is 1. The zero-order valence-corrected chi connectivity index (χ0v) is 12.9. The summed E-state index contributed by atoms with van der Waals surface area (Å²) in [5.74, 6) is -1.50. The van der Waals surface area contributed by atoms with E-state index in [1.165, 1.54) is 19.2 Å². The molecule has 0 amide bonds. The molecule has 1 aliphatic heterocycles. The van der Waals surface area contributed by atoms with Gasteiger partial charge in [-0.05, 0) is 18.2 Å². The number of carboxylic acids is 1. The third-order valence-corrected chi connectivity index (χ3v) is 3.69. The SMILES string of the molecule is COc1cc2c(cc1-c1cccnc1)C=C(C(=O)O)C(C(F)(F)F)O2. The van der Waals surface area contributed by atoms with Crippen molar-refractivity contribution in [2.24, 2.45) is 0 Å². The van der Waals surface area contributed by atoms with E-state index in [0.29, 0.717) is 16.9 Å². The van der Waals surface area contributed by atoms with E-state index < -0.39 is 23.8 Å². The van der Waals surface area contributed by atoms with Crippen LogP contribution in [0.4, 0.5) is 13.2 Å². The van der Waals surface area contributed by atoms with Gasteiger partial charge in [0, 0.05) is 35.2 Å². The molecule has 8 heteroatoms. The molecule has 1 unspecified atom stereocenters. The number of aliphatic carboxylic acids is 1. The Morgan fingerprint density at radius 1 is 1.36 bits per heavy atom. The number of hydrogen-bond acceptors (Lipinski definition) is 4. The van der Waals surface area contributed by atoms with Gasteiger partial charge in [-0.3, -0.25) is 4.98 Å². The molecule has 1 aliphatic rings. The molecule has 1 aromatic carbocycles. The van der Waals surface area contributed by atoms with Gasteiger partial charge in [-0.1, -0.05) is 6.07 Å². The molecule has 0 bridgehead atoms. The van der Waals surface area contributed by atoms with Crippen molar-refractivity contribution in [3.05, 3.63) is 47.8 Å². The van der Waals surface area contributed by atoms with Crippen molar-refractivity contribution >= 4 is 12.0 Å². The highest BCUT2D eigenvalue weighted by molar-refractivity contribution is 5.95. The van der Waals surface area contributed by atoms with Crippen LogP contribution in [0.15, 0.2) is 42.2 Å². The minimum Gasteiger partial charge on any atom is -0.496 e. The number of rotatable bonds is 3. The summed E-state index contributed by atoms with van der Waals surface area (Å²) in [4.78, 5) is 15.2. The maximum atomic E-state index is 13.1. The first-order chi connectivity index (χ1) is 11.8. The van der Waals surface area contributed by atoms with Gasteiger partial charge in [0.2, 0.25) is 6.10 Å². The standard InChI is InChI=1S/C17H12F3NO4/c1-24-14-7-13-10(5-11(14)9-3-2-4-21-8-9)6-12(16(22)23)15(25-13)17(18,19)20/h2-8,15H,1H3,(H,22,23). The van der Waals surface area contributed by atoms with Gasteiger partial charge < -0.3 is 14.6 Å². The zero-order valence-electron chi connectivity index (χ0n) is 12.9. The summed E-state index contributed by atoms with van der Waals surface area (Å²) in [6.45, 7) is 0. The Bertz CT molecular complexity index is 847. The van der Waals surface area contributed by atoms with E-state index in [-0.39, 0.29) is 11.3 Å². The first-order valence-corrected chi connectivity index (χ1v) is 7.12. The second-order valence-corrected chi connectivity index (χ2v) is 5.28. The van der Waals surface area contributed by atoms with E-state index >= 15 is 0 Å². The Labute approximate surface area is 140 Å². The predicted molar refractivity (Wildman–Crippen MR) is 82.3 cm³/mol. The number of fused-ring (bicyclic) bond motifs is 1.